The van der Waals surface area contributed by atoms with Gasteiger partial charge in [-0.25, -0.2) is 9.07 Å². The van der Waals surface area contributed by atoms with Gasteiger partial charge in [-0.05, 0) is 30.5 Å². The van der Waals surface area contributed by atoms with Crippen LogP contribution in [0.3, 0.4) is 0 Å². The first-order chi connectivity index (χ1) is 10.9. The van der Waals surface area contributed by atoms with E-state index in [1.165, 1.54) is 22.9 Å². The van der Waals surface area contributed by atoms with E-state index in [1.807, 2.05) is 13.8 Å². The lowest BCUT2D eigenvalue weighted by molar-refractivity contribution is -0.140. The highest BCUT2D eigenvalue weighted by Crippen LogP contribution is 2.18. The minimum absolute atomic E-state index is 0.000509. The van der Waals surface area contributed by atoms with Gasteiger partial charge in [-0.15, -0.1) is 5.10 Å². The smallest absolute Gasteiger partial charge is 0.320 e. The van der Waals surface area contributed by atoms with Gasteiger partial charge in [-0.2, -0.15) is 0 Å². The van der Waals surface area contributed by atoms with Gasteiger partial charge in [0.05, 0.1) is 22.6 Å². The van der Waals surface area contributed by atoms with E-state index in [0.717, 1.165) is 0 Å². The minimum atomic E-state index is -0.892. The second kappa shape index (κ2) is 7.52. The summed E-state index contributed by atoms with van der Waals surface area (Å²) in [4.78, 5) is 11.2. The molecular formula is C15H18ClFN4O2. The molecule has 1 aromatic carbocycles. The average molecular weight is 341 g/mol. The fourth-order valence-electron chi connectivity index (χ4n) is 2.10. The fourth-order valence-corrected chi connectivity index (χ4v) is 2.28. The maximum Gasteiger partial charge on any atom is 0.320 e. The van der Waals surface area contributed by atoms with Crippen molar-refractivity contribution in [3.8, 4) is 5.69 Å². The van der Waals surface area contributed by atoms with Crippen LogP contribution >= 0.6 is 11.6 Å². The monoisotopic (exact) mass is 340 g/mol. The number of nitrogens with zero attached hydrogens (tertiary/aromatic N) is 3. The van der Waals surface area contributed by atoms with Crippen LogP contribution in [-0.4, -0.2) is 32.1 Å². The predicted molar refractivity (Wildman–Crippen MR) is 84.0 cm³/mol. The number of rotatable bonds is 7. The molecular weight excluding hydrogens is 323 g/mol. The van der Waals surface area contributed by atoms with Crippen molar-refractivity contribution in [1.29, 1.82) is 0 Å². The molecule has 0 aliphatic heterocycles. The number of carbonyl (C=O) groups is 1. The van der Waals surface area contributed by atoms with Gasteiger partial charge in [0.15, 0.2) is 0 Å². The van der Waals surface area contributed by atoms with Crippen LogP contribution in [0.5, 0.6) is 0 Å². The Morgan fingerprint density at radius 2 is 2.22 bits per heavy atom. The molecule has 1 atom stereocenters. The zero-order valence-electron chi connectivity index (χ0n) is 12.8. The molecule has 2 N–H and O–H groups in total. The standard InChI is InChI=1S/C15H18ClFN4O2/c1-9(2)5-14(15(22)23)18-7-10-8-21(20-19-10)11-3-4-13(17)12(16)6-11/h3-4,6,8-9,14,18H,5,7H2,1-2H3,(H,22,23). The molecule has 1 unspecified atom stereocenters. The van der Waals surface area contributed by atoms with Gasteiger partial charge in [-0.3, -0.25) is 10.1 Å². The largest absolute Gasteiger partial charge is 0.480 e. The number of carboxylic acids is 1. The van der Waals surface area contributed by atoms with Gasteiger partial charge in [0, 0.05) is 6.54 Å². The van der Waals surface area contributed by atoms with Gasteiger partial charge >= 0.3 is 5.97 Å². The highest BCUT2D eigenvalue weighted by Gasteiger charge is 2.18. The molecule has 0 spiro atoms. The summed E-state index contributed by atoms with van der Waals surface area (Å²) in [5, 5.41) is 20.1. The number of hydrogen-bond donors (Lipinski definition) is 2. The number of carboxylic acid groups (broad SMARTS) is 1. The van der Waals surface area contributed by atoms with Crippen molar-refractivity contribution in [2.24, 2.45) is 5.92 Å². The molecule has 1 heterocycles. The molecule has 0 aliphatic rings. The third-order valence-corrected chi connectivity index (χ3v) is 3.53. The molecule has 0 aliphatic carbocycles. The first kappa shape index (κ1) is 17.4. The Hall–Kier alpha value is -1.99. The Balaban J connectivity index is 2.04. The molecule has 0 saturated heterocycles. The van der Waals surface area contributed by atoms with Crippen molar-refractivity contribution < 1.29 is 14.3 Å². The highest BCUT2D eigenvalue weighted by atomic mass is 35.5. The number of aromatic nitrogens is 3. The van der Waals surface area contributed by atoms with Crippen molar-refractivity contribution in [3.05, 3.63) is 40.9 Å². The SMILES string of the molecule is CC(C)CC(NCc1cn(-c2ccc(F)c(Cl)c2)nn1)C(=O)O. The molecule has 23 heavy (non-hydrogen) atoms. The topological polar surface area (TPSA) is 80.0 Å². The summed E-state index contributed by atoms with van der Waals surface area (Å²) in [6, 6.07) is 3.59. The number of nitrogens with one attached hydrogen (secondary N) is 1. The van der Waals surface area contributed by atoms with E-state index in [1.54, 1.807) is 6.20 Å². The third-order valence-electron chi connectivity index (χ3n) is 3.24. The first-order valence-corrected chi connectivity index (χ1v) is 7.57. The first-order valence-electron chi connectivity index (χ1n) is 7.19. The van der Waals surface area contributed by atoms with E-state index >= 15 is 0 Å². The van der Waals surface area contributed by atoms with Crippen LogP contribution < -0.4 is 5.32 Å². The highest BCUT2D eigenvalue weighted by molar-refractivity contribution is 6.30. The maximum atomic E-state index is 13.2. The zero-order chi connectivity index (χ0) is 17.0. The maximum absolute atomic E-state index is 13.2. The van der Waals surface area contributed by atoms with Gasteiger partial charge in [0.2, 0.25) is 0 Å². The van der Waals surface area contributed by atoms with Crippen molar-refractivity contribution in [1.82, 2.24) is 20.3 Å². The minimum Gasteiger partial charge on any atom is -0.480 e. The van der Waals surface area contributed by atoms with Crippen LogP contribution in [0, 0.1) is 11.7 Å². The lowest BCUT2D eigenvalue weighted by atomic mass is 10.0. The van der Waals surface area contributed by atoms with Crippen LogP contribution in [0.4, 0.5) is 4.39 Å². The van der Waals surface area contributed by atoms with Crippen LogP contribution in [0.15, 0.2) is 24.4 Å². The molecule has 1 aromatic heterocycles. The second-order valence-corrected chi connectivity index (χ2v) is 6.06. The zero-order valence-corrected chi connectivity index (χ0v) is 13.6. The van der Waals surface area contributed by atoms with Crippen molar-refractivity contribution in [2.45, 2.75) is 32.9 Å². The molecule has 0 fully saturated rings. The van der Waals surface area contributed by atoms with E-state index in [0.29, 0.717) is 17.8 Å². The van der Waals surface area contributed by atoms with Crippen LogP contribution in [0.25, 0.3) is 5.69 Å². The molecule has 2 rings (SSSR count). The van der Waals surface area contributed by atoms with E-state index in [-0.39, 0.29) is 17.5 Å². The Bertz CT molecular complexity index is 690. The van der Waals surface area contributed by atoms with Crippen molar-refractivity contribution in [2.75, 3.05) is 0 Å². The number of hydrogen-bond acceptors (Lipinski definition) is 4. The van der Waals surface area contributed by atoms with E-state index in [2.05, 4.69) is 15.6 Å². The Morgan fingerprint density at radius 1 is 1.48 bits per heavy atom. The quantitative estimate of drug-likeness (QED) is 0.810. The van der Waals surface area contributed by atoms with Gasteiger partial charge in [0.25, 0.3) is 0 Å². The van der Waals surface area contributed by atoms with Crippen LogP contribution in [0.1, 0.15) is 26.0 Å². The molecule has 124 valence electrons. The third kappa shape index (κ3) is 4.74. The molecule has 0 radical (unpaired) electrons. The van der Waals surface area contributed by atoms with Crippen LogP contribution in [-0.2, 0) is 11.3 Å². The summed E-state index contributed by atoms with van der Waals surface area (Å²) in [6.45, 7) is 4.21. The summed E-state index contributed by atoms with van der Waals surface area (Å²) in [7, 11) is 0. The summed E-state index contributed by atoms with van der Waals surface area (Å²) in [5.41, 5.74) is 1.16. The van der Waals surface area contributed by atoms with Gasteiger partial charge < -0.3 is 5.11 Å². The predicted octanol–water partition coefficient (Wildman–Crippen LogP) is 2.65. The Morgan fingerprint density at radius 3 is 2.83 bits per heavy atom. The van der Waals surface area contributed by atoms with Crippen molar-refractivity contribution >= 4 is 17.6 Å². The average Bonchev–Trinajstić information content (AvgIpc) is 2.94. The summed E-state index contributed by atoms with van der Waals surface area (Å²) >= 11 is 5.74. The molecule has 8 heteroatoms. The second-order valence-electron chi connectivity index (χ2n) is 5.65. The summed E-state index contributed by atoms with van der Waals surface area (Å²) in [6.07, 6.45) is 2.17. The molecule has 0 saturated carbocycles. The van der Waals surface area contributed by atoms with Crippen LogP contribution in [0.2, 0.25) is 5.02 Å². The lowest BCUT2D eigenvalue weighted by Gasteiger charge is -2.15. The number of benzene rings is 1. The molecule has 0 amide bonds. The summed E-state index contributed by atoms with van der Waals surface area (Å²) in [5.74, 6) is -1.13. The van der Waals surface area contributed by atoms with E-state index < -0.39 is 17.8 Å². The normalized spacial score (nSPS) is 12.6. The fraction of sp³-hybridized carbons (Fsp3) is 0.400. The molecule has 0 bridgehead atoms. The molecule has 6 nitrogen and oxygen atoms in total. The van der Waals surface area contributed by atoms with Gasteiger partial charge in [0.1, 0.15) is 11.9 Å². The van der Waals surface area contributed by atoms with E-state index in [4.69, 9.17) is 11.6 Å². The number of halogens is 2. The lowest BCUT2D eigenvalue weighted by Crippen LogP contribution is -2.37. The Labute approximate surface area is 138 Å². The summed E-state index contributed by atoms with van der Waals surface area (Å²) < 4.78 is 14.6. The van der Waals surface area contributed by atoms with Crippen molar-refractivity contribution in [3.63, 3.8) is 0 Å². The molecule has 2 aromatic rings. The van der Waals surface area contributed by atoms with E-state index in [9.17, 15) is 14.3 Å². The Kier molecular flexibility index (Phi) is 5.68. The number of aliphatic carboxylic acids is 1. The van der Waals surface area contributed by atoms with Gasteiger partial charge in [-0.1, -0.05) is 30.7 Å².